The molecule has 0 saturated carbocycles. The van der Waals surface area contributed by atoms with Crippen molar-refractivity contribution < 1.29 is 14.3 Å². The zero-order valence-electron chi connectivity index (χ0n) is 11.8. The van der Waals surface area contributed by atoms with Crippen LogP contribution < -0.4 is 20.1 Å². The molecule has 2 N–H and O–H groups in total. The zero-order valence-corrected chi connectivity index (χ0v) is 11.8. The Kier molecular flexibility index (Phi) is 5.04. The molecule has 2 rings (SSSR count). The number of nitrogens with zero attached hydrogens (tertiary/aromatic N) is 1. The van der Waals surface area contributed by atoms with Crippen molar-refractivity contribution in [3.05, 3.63) is 35.5 Å². The van der Waals surface area contributed by atoms with E-state index in [0.717, 1.165) is 17.7 Å². The van der Waals surface area contributed by atoms with Gasteiger partial charge in [0.25, 0.3) is 5.91 Å². The summed E-state index contributed by atoms with van der Waals surface area (Å²) in [6.45, 7) is 3.24. The molecule has 0 atom stereocenters. The average molecular weight is 287 g/mol. The van der Waals surface area contributed by atoms with Gasteiger partial charge in [-0.25, -0.2) is 0 Å². The SMILES string of the molecule is CCCNC(=O)/C(C#N)=C\NCc1ccc2c(c1)OCO2. The van der Waals surface area contributed by atoms with E-state index in [-0.39, 0.29) is 18.3 Å². The van der Waals surface area contributed by atoms with Gasteiger partial charge in [-0.2, -0.15) is 5.26 Å². The number of hydrogen-bond acceptors (Lipinski definition) is 5. The Balaban J connectivity index is 1.91. The smallest absolute Gasteiger partial charge is 0.263 e. The van der Waals surface area contributed by atoms with E-state index in [9.17, 15) is 4.79 Å². The van der Waals surface area contributed by atoms with Gasteiger partial charge in [0.15, 0.2) is 11.5 Å². The molecule has 6 heteroatoms. The predicted molar refractivity (Wildman–Crippen MR) is 76.4 cm³/mol. The molecule has 1 aliphatic rings. The van der Waals surface area contributed by atoms with Gasteiger partial charge in [0.1, 0.15) is 11.6 Å². The molecule has 0 saturated heterocycles. The van der Waals surface area contributed by atoms with Crippen LogP contribution in [-0.2, 0) is 11.3 Å². The van der Waals surface area contributed by atoms with Crippen molar-refractivity contribution in [2.24, 2.45) is 0 Å². The normalized spacial score (nSPS) is 12.7. The van der Waals surface area contributed by atoms with E-state index in [1.807, 2.05) is 31.2 Å². The minimum absolute atomic E-state index is 0.0594. The van der Waals surface area contributed by atoms with Crippen molar-refractivity contribution in [3.8, 4) is 17.6 Å². The van der Waals surface area contributed by atoms with Crippen LogP contribution in [0.25, 0.3) is 0 Å². The molecule has 1 aromatic carbocycles. The fourth-order valence-corrected chi connectivity index (χ4v) is 1.80. The van der Waals surface area contributed by atoms with Crippen LogP contribution >= 0.6 is 0 Å². The third-order valence-corrected chi connectivity index (χ3v) is 2.89. The lowest BCUT2D eigenvalue weighted by molar-refractivity contribution is -0.117. The van der Waals surface area contributed by atoms with Crippen LogP contribution in [0.3, 0.4) is 0 Å². The van der Waals surface area contributed by atoms with Crippen molar-refractivity contribution >= 4 is 5.91 Å². The fraction of sp³-hybridized carbons (Fsp3) is 0.333. The Morgan fingerprint density at radius 3 is 3.00 bits per heavy atom. The molecule has 0 radical (unpaired) electrons. The third-order valence-electron chi connectivity index (χ3n) is 2.89. The summed E-state index contributed by atoms with van der Waals surface area (Å²) < 4.78 is 10.5. The predicted octanol–water partition coefficient (Wildman–Crippen LogP) is 1.44. The first-order valence-electron chi connectivity index (χ1n) is 6.75. The van der Waals surface area contributed by atoms with Crippen molar-refractivity contribution in [1.82, 2.24) is 10.6 Å². The molecule has 6 nitrogen and oxygen atoms in total. The molecule has 1 aromatic rings. The van der Waals surface area contributed by atoms with E-state index in [4.69, 9.17) is 14.7 Å². The number of ether oxygens (including phenoxy) is 2. The molecule has 1 amide bonds. The van der Waals surface area contributed by atoms with Gasteiger partial charge in [-0.3, -0.25) is 4.79 Å². The van der Waals surface area contributed by atoms with Crippen LogP contribution in [-0.4, -0.2) is 19.2 Å². The van der Waals surface area contributed by atoms with Crippen molar-refractivity contribution in [3.63, 3.8) is 0 Å². The first kappa shape index (κ1) is 14.7. The molecular weight excluding hydrogens is 270 g/mol. The second kappa shape index (κ2) is 7.20. The third kappa shape index (κ3) is 3.89. The summed E-state index contributed by atoms with van der Waals surface area (Å²) in [5.41, 5.74) is 1.03. The number of nitrogens with one attached hydrogen (secondary N) is 2. The number of hydrogen-bond donors (Lipinski definition) is 2. The Bertz CT molecular complexity index is 590. The zero-order chi connectivity index (χ0) is 15.1. The largest absolute Gasteiger partial charge is 0.454 e. The topological polar surface area (TPSA) is 83.4 Å². The molecule has 0 bridgehead atoms. The van der Waals surface area contributed by atoms with Crippen molar-refractivity contribution in [2.45, 2.75) is 19.9 Å². The van der Waals surface area contributed by atoms with E-state index in [1.165, 1.54) is 6.20 Å². The number of rotatable bonds is 6. The molecule has 1 heterocycles. The van der Waals surface area contributed by atoms with Gasteiger partial charge in [0, 0.05) is 19.3 Å². The maximum Gasteiger partial charge on any atom is 0.263 e. The summed E-state index contributed by atoms with van der Waals surface area (Å²) in [6, 6.07) is 7.48. The number of amides is 1. The molecule has 21 heavy (non-hydrogen) atoms. The van der Waals surface area contributed by atoms with Crippen LogP contribution in [0.2, 0.25) is 0 Å². The van der Waals surface area contributed by atoms with E-state index >= 15 is 0 Å². The van der Waals surface area contributed by atoms with Crippen molar-refractivity contribution in [1.29, 1.82) is 5.26 Å². The standard InChI is InChI=1S/C15H17N3O3/c1-2-5-18-15(19)12(7-16)9-17-8-11-3-4-13-14(6-11)21-10-20-13/h3-4,6,9,17H,2,5,8,10H2,1H3,(H,18,19)/b12-9-. The Labute approximate surface area is 123 Å². The summed E-state index contributed by atoms with van der Waals surface area (Å²) >= 11 is 0. The van der Waals surface area contributed by atoms with Gasteiger partial charge in [-0.05, 0) is 24.1 Å². The van der Waals surface area contributed by atoms with Crippen LogP contribution in [0.5, 0.6) is 11.5 Å². The van der Waals surface area contributed by atoms with Gasteiger partial charge >= 0.3 is 0 Å². The fourth-order valence-electron chi connectivity index (χ4n) is 1.80. The molecule has 0 unspecified atom stereocenters. The monoisotopic (exact) mass is 287 g/mol. The quantitative estimate of drug-likeness (QED) is 0.611. The Morgan fingerprint density at radius 1 is 1.43 bits per heavy atom. The second-order valence-corrected chi connectivity index (χ2v) is 4.49. The van der Waals surface area contributed by atoms with Crippen LogP contribution in [0.15, 0.2) is 30.0 Å². The Morgan fingerprint density at radius 2 is 2.24 bits per heavy atom. The molecular formula is C15H17N3O3. The minimum atomic E-state index is -0.363. The second-order valence-electron chi connectivity index (χ2n) is 4.49. The van der Waals surface area contributed by atoms with E-state index in [0.29, 0.717) is 18.8 Å². The summed E-state index contributed by atoms with van der Waals surface area (Å²) in [5, 5.41) is 14.6. The summed E-state index contributed by atoms with van der Waals surface area (Å²) in [7, 11) is 0. The van der Waals surface area contributed by atoms with Gasteiger partial charge in [-0.15, -0.1) is 0 Å². The average Bonchev–Trinajstić information content (AvgIpc) is 2.96. The molecule has 0 spiro atoms. The minimum Gasteiger partial charge on any atom is -0.454 e. The lowest BCUT2D eigenvalue weighted by Gasteiger charge is -2.05. The number of fused-ring (bicyclic) bond motifs is 1. The molecule has 0 aromatic heterocycles. The van der Waals surface area contributed by atoms with Crippen LogP contribution in [0.4, 0.5) is 0 Å². The number of carbonyl (C=O) groups excluding carboxylic acids is 1. The number of carbonyl (C=O) groups is 1. The highest BCUT2D eigenvalue weighted by atomic mass is 16.7. The van der Waals surface area contributed by atoms with Crippen LogP contribution in [0, 0.1) is 11.3 Å². The lowest BCUT2D eigenvalue weighted by atomic mass is 10.2. The van der Waals surface area contributed by atoms with E-state index < -0.39 is 0 Å². The van der Waals surface area contributed by atoms with Crippen LogP contribution in [0.1, 0.15) is 18.9 Å². The maximum atomic E-state index is 11.7. The highest BCUT2D eigenvalue weighted by Gasteiger charge is 2.13. The maximum absolute atomic E-state index is 11.7. The molecule has 0 fully saturated rings. The van der Waals surface area contributed by atoms with E-state index in [2.05, 4.69) is 10.6 Å². The number of nitriles is 1. The molecule has 1 aliphatic heterocycles. The van der Waals surface area contributed by atoms with Gasteiger partial charge in [0.05, 0.1) is 0 Å². The summed E-state index contributed by atoms with van der Waals surface area (Å²) in [6.07, 6.45) is 2.25. The first-order chi connectivity index (χ1) is 10.2. The lowest BCUT2D eigenvalue weighted by Crippen LogP contribution is -2.26. The molecule has 0 aliphatic carbocycles. The first-order valence-corrected chi connectivity index (χ1v) is 6.75. The van der Waals surface area contributed by atoms with Gasteiger partial charge < -0.3 is 20.1 Å². The molecule has 110 valence electrons. The summed E-state index contributed by atoms with van der Waals surface area (Å²) in [4.78, 5) is 11.7. The van der Waals surface area contributed by atoms with Gasteiger partial charge in [-0.1, -0.05) is 13.0 Å². The summed E-state index contributed by atoms with van der Waals surface area (Å²) in [5.74, 6) is 1.07. The van der Waals surface area contributed by atoms with E-state index in [1.54, 1.807) is 0 Å². The highest BCUT2D eigenvalue weighted by molar-refractivity contribution is 5.97. The Hall–Kier alpha value is -2.68. The van der Waals surface area contributed by atoms with Crippen molar-refractivity contribution in [2.75, 3.05) is 13.3 Å². The number of benzene rings is 1. The highest BCUT2D eigenvalue weighted by Crippen LogP contribution is 2.32. The van der Waals surface area contributed by atoms with Gasteiger partial charge in [0.2, 0.25) is 6.79 Å².